The van der Waals surface area contributed by atoms with Crippen LogP contribution in [0.2, 0.25) is 0 Å². The van der Waals surface area contributed by atoms with E-state index >= 15 is 0 Å². The lowest BCUT2D eigenvalue weighted by molar-refractivity contribution is -0.139. The number of benzene rings is 1. The maximum Gasteiger partial charge on any atom is 0.330 e. The second kappa shape index (κ2) is 6.69. The molecule has 23 heavy (non-hydrogen) atoms. The molecule has 1 aromatic carbocycles. The van der Waals surface area contributed by atoms with Gasteiger partial charge in [-0.15, -0.1) is 0 Å². The molecular weight excluding hydrogens is 294 g/mol. The standard InChI is InChI=1S/C18H21NO4/c1-5-14-12(4)9-15(23-14)17(20)19-16(18(21)22)13-7-10(2)6-11(3)8-13/h6-9,16H,5H2,1-4H3,(H,19,20)(H,21,22). The topological polar surface area (TPSA) is 79.5 Å². The number of carboxylic acid groups (broad SMARTS) is 1. The Bertz CT molecular complexity index is 725. The van der Waals surface area contributed by atoms with E-state index in [-0.39, 0.29) is 5.76 Å². The van der Waals surface area contributed by atoms with E-state index in [9.17, 15) is 14.7 Å². The molecule has 0 saturated heterocycles. The number of hydrogen-bond donors (Lipinski definition) is 2. The summed E-state index contributed by atoms with van der Waals surface area (Å²) in [5.74, 6) is -0.773. The Morgan fingerprint density at radius 1 is 1.13 bits per heavy atom. The lowest BCUT2D eigenvalue weighted by Crippen LogP contribution is -2.33. The van der Waals surface area contributed by atoms with Gasteiger partial charge >= 0.3 is 5.97 Å². The number of nitrogens with one attached hydrogen (secondary N) is 1. The largest absolute Gasteiger partial charge is 0.479 e. The number of carboxylic acids is 1. The van der Waals surface area contributed by atoms with Gasteiger partial charge < -0.3 is 14.8 Å². The van der Waals surface area contributed by atoms with E-state index in [1.165, 1.54) is 0 Å². The third kappa shape index (κ3) is 3.80. The number of aliphatic carboxylic acids is 1. The minimum absolute atomic E-state index is 0.134. The Balaban J connectivity index is 2.28. The highest BCUT2D eigenvalue weighted by Crippen LogP contribution is 2.20. The van der Waals surface area contributed by atoms with Gasteiger partial charge in [0.15, 0.2) is 11.8 Å². The fraction of sp³-hybridized carbons (Fsp3) is 0.333. The smallest absolute Gasteiger partial charge is 0.330 e. The quantitative estimate of drug-likeness (QED) is 0.887. The molecule has 1 amide bonds. The molecule has 2 aromatic rings. The Hall–Kier alpha value is -2.56. The number of hydrogen-bond acceptors (Lipinski definition) is 3. The molecule has 0 saturated carbocycles. The maximum atomic E-state index is 12.3. The van der Waals surface area contributed by atoms with E-state index in [0.29, 0.717) is 12.0 Å². The Morgan fingerprint density at radius 2 is 1.74 bits per heavy atom. The van der Waals surface area contributed by atoms with Gasteiger partial charge in [0.2, 0.25) is 0 Å². The summed E-state index contributed by atoms with van der Waals surface area (Å²) in [6.45, 7) is 7.57. The maximum absolute atomic E-state index is 12.3. The van der Waals surface area contributed by atoms with Crippen molar-refractivity contribution in [2.75, 3.05) is 0 Å². The number of amides is 1. The van der Waals surface area contributed by atoms with Crippen molar-refractivity contribution in [3.8, 4) is 0 Å². The summed E-state index contributed by atoms with van der Waals surface area (Å²) >= 11 is 0. The fourth-order valence-corrected chi connectivity index (χ4v) is 2.65. The van der Waals surface area contributed by atoms with Crippen LogP contribution >= 0.6 is 0 Å². The molecule has 1 aromatic heterocycles. The second-order valence-electron chi connectivity index (χ2n) is 5.74. The van der Waals surface area contributed by atoms with Gasteiger partial charge in [0, 0.05) is 6.42 Å². The SMILES string of the molecule is CCc1oc(C(=O)NC(C(=O)O)c2cc(C)cc(C)c2)cc1C. The number of carbonyl (C=O) groups is 2. The van der Waals surface area contributed by atoms with Gasteiger partial charge in [-0.3, -0.25) is 4.79 Å². The number of furan rings is 1. The van der Waals surface area contributed by atoms with Crippen LogP contribution in [0.5, 0.6) is 0 Å². The van der Waals surface area contributed by atoms with Gasteiger partial charge in [0.1, 0.15) is 5.76 Å². The highest BCUT2D eigenvalue weighted by molar-refractivity contribution is 5.94. The first kappa shape index (κ1) is 16.8. The van der Waals surface area contributed by atoms with E-state index in [2.05, 4.69) is 5.32 Å². The summed E-state index contributed by atoms with van der Waals surface area (Å²) in [5.41, 5.74) is 3.32. The molecule has 5 nitrogen and oxygen atoms in total. The predicted octanol–water partition coefficient (Wildman–Crippen LogP) is 3.32. The molecule has 0 fully saturated rings. The van der Waals surface area contributed by atoms with Crippen LogP contribution in [0.15, 0.2) is 28.7 Å². The Kier molecular flexibility index (Phi) is 4.89. The average Bonchev–Trinajstić information content (AvgIpc) is 2.84. The van der Waals surface area contributed by atoms with E-state index in [4.69, 9.17) is 4.42 Å². The first-order valence-electron chi connectivity index (χ1n) is 7.53. The van der Waals surface area contributed by atoms with Crippen molar-refractivity contribution in [1.29, 1.82) is 0 Å². The zero-order valence-corrected chi connectivity index (χ0v) is 13.8. The molecule has 1 heterocycles. The van der Waals surface area contributed by atoms with Crippen molar-refractivity contribution in [2.24, 2.45) is 0 Å². The van der Waals surface area contributed by atoms with Crippen LogP contribution in [0.1, 0.15) is 51.5 Å². The van der Waals surface area contributed by atoms with Gasteiger partial charge in [-0.05, 0) is 38.0 Å². The molecule has 0 aliphatic heterocycles. The van der Waals surface area contributed by atoms with E-state index in [0.717, 1.165) is 22.5 Å². The van der Waals surface area contributed by atoms with Crippen molar-refractivity contribution in [3.63, 3.8) is 0 Å². The zero-order chi connectivity index (χ0) is 17.1. The minimum atomic E-state index is -1.11. The lowest BCUT2D eigenvalue weighted by atomic mass is 10.0. The lowest BCUT2D eigenvalue weighted by Gasteiger charge is -2.15. The molecule has 0 bridgehead atoms. The third-order valence-corrected chi connectivity index (χ3v) is 3.67. The molecule has 0 aliphatic carbocycles. The van der Waals surface area contributed by atoms with Crippen LogP contribution in [0.4, 0.5) is 0 Å². The highest BCUT2D eigenvalue weighted by atomic mass is 16.4. The van der Waals surface area contributed by atoms with E-state index < -0.39 is 17.9 Å². The normalized spacial score (nSPS) is 12.0. The summed E-state index contributed by atoms with van der Waals surface area (Å²) in [6, 6.07) is 5.99. The average molecular weight is 315 g/mol. The zero-order valence-electron chi connectivity index (χ0n) is 13.8. The molecule has 1 atom stereocenters. The summed E-state index contributed by atoms with van der Waals surface area (Å²) in [6.07, 6.45) is 0.679. The molecule has 2 N–H and O–H groups in total. The van der Waals surface area contributed by atoms with Gasteiger partial charge in [0.25, 0.3) is 5.91 Å². The van der Waals surface area contributed by atoms with E-state index in [1.807, 2.05) is 33.8 Å². The molecule has 5 heteroatoms. The van der Waals surface area contributed by atoms with Crippen LogP contribution in [-0.4, -0.2) is 17.0 Å². The van der Waals surface area contributed by atoms with Crippen LogP contribution < -0.4 is 5.32 Å². The van der Waals surface area contributed by atoms with Crippen molar-refractivity contribution >= 4 is 11.9 Å². The van der Waals surface area contributed by atoms with Gasteiger partial charge in [0.05, 0.1) is 0 Å². The highest BCUT2D eigenvalue weighted by Gasteiger charge is 2.25. The molecule has 0 aliphatic rings. The number of rotatable bonds is 5. The number of aryl methyl sites for hydroxylation is 4. The van der Waals surface area contributed by atoms with Crippen molar-refractivity contribution < 1.29 is 19.1 Å². The van der Waals surface area contributed by atoms with Crippen LogP contribution in [0.3, 0.4) is 0 Å². The molecule has 0 radical (unpaired) electrons. The molecule has 0 spiro atoms. The van der Waals surface area contributed by atoms with Crippen molar-refractivity contribution in [2.45, 2.75) is 40.2 Å². The minimum Gasteiger partial charge on any atom is -0.479 e. The van der Waals surface area contributed by atoms with E-state index in [1.54, 1.807) is 18.2 Å². The van der Waals surface area contributed by atoms with Crippen LogP contribution in [-0.2, 0) is 11.2 Å². The summed E-state index contributed by atoms with van der Waals surface area (Å²) in [5, 5.41) is 12.0. The van der Waals surface area contributed by atoms with Gasteiger partial charge in [-0.25, -0.2) is 4.79 Å². The fourth-order valence-electron chi connectivity index (χ4n) is 2.65. The summed E-state index contributed by atoms with van der Waals surface area (Å²) in [7, 11) is 0. The third-order valence-electron chi connectivity index (χ3n) is 3.67. The first-order chi connectivity index (χ1) is 10.8. The predicted molar refractivity (Wildman–Crippen MR) is 86.6 cm³/mol. The Labute approximate surface area is 135 Å². The summed E-state index contributed by atoms with van der Waals surface area (Å²) < 4.78 is 5.48. The second-order valence-corrected chi connectivity index (χ2v) is 5.74. The van der Waals surface area contributed by atoms with Crippen molar-refractivity contribution in [3.05, 3.63) is 58.0 Å². The number of carbonyl (C=O) groups excluding carboxylic acids is 1. The van der Waals surface area contributed by atoms with Gasteiger partial charge in [-0.2, -0.15) is 0 Å². The van der Waals surface area contributed by atoms with Crippen LogP contribution in [0, 0.1) is 20.8 Å². The summed E-state index contributed by atoms with van der Waals surface area (Å²) in [4.78, 5) is 23.9. The molecule has 122 valence electrons. The van der Waals surface area contributed by atoms with Crippen LogP contribution in [0.25, 0.3) is 0 Å². The molecule has 1 unspecified atom stereocenters. The van der Waals surface area contributed by atoms with Gasteiger partial charge in [-0.1, -0.05) is 36.2 Å². The van der Waals surface area contributed by atoms with Crippen molar-refractivity contribution in [1.82, 2.24) is 5.32 Å². The monoisotopic (exact) mass is 315 g/mol. The first-order valence-corrected chi connectivity index (χ1v) is 7.53. The molecule has 2 rings (SSSR count). The molecular formula is C18H21NO4. The Morgan fingerprint density at radius 3 is 2.22 bits per heavy atom.